The van der Waals surface area contributed by atoms with Gasteiger partial charge < -0.3 is 41.1 Å². The van der Waals surface area contributed by atoms with Gasteiger partial charge in [-0.2, -0.15) is 0 Å². The first kappa shape index (κ1) is 26.7. The van der Waals surface area contributed by atoms with E-state index >= 15 is 0 Å². The molecule has 1 unspecified atom stereocenters. The fourth-order valence-electron chi connectivity index (χ4n) is 2.61. The highest BCUT2D eigenvalue weighted by molar-refractivity contribution is 5.83. The summed E-state index contributed by atoms with van der Waals surface area (Å²) in [5.74, 6) is -3.39. The van der Waals surface area contributed by atoms with E-state index in [1.54, 1.807) is 18.2 Å². The van der Waals surface area contributed by atoms with Crippen molar-refractivity contribution in [3.8, 4) is 17.2 Å². The fourth-order valence-corrected chi connectivity index (χ4v) is 2.61. The molecule has 0 saturated carbocycles. The lowest BCUT2D eigenvalue weighted by Crippen LogP contribution is -2.39. The lowest BCUT2D eigenvalue weighted by atomic mass is 10.1. The summed E-state index contributed by atoms with van der Waals surface area (Å²) in [6.45, 7) is 2.97. The van der Waals surface area contributed by atoms with E-state index < -0.39 is 24.1 Å². The molecule has 10 heteroatoms. The van der Waals surface area contributed by atoms with E-state index in [-0.39, 0.29) is 11.5 Å². The third kappa shape index (κ3) is 9.65. The second-order valence-electron chi connectivity index (χ2n) is 7.20. The summed E-state index contributed by atoms with van der Waals surface area (Å²) in [5.41, 5.74) is 2.21. The predicted molar refractivity (Wildman–Crippen MR) is 115 cm³/mol. The van der Waals surface area contributed by atoms with Crippen molar-refractivity contribution in [3.05, 3.63) is 53.6 Å². The molecule has 0 saturated heterocycles. The minimum Gasteiger partial charge on any atom is -0.508 e. The van der Waals surface area contributed by atoms with Crippen LogP contribution in [0.3, 0.4) is 0 Å². The van der Waals surface area contributed by atoms with E-state index in [4.69, 9.17) is 20.4 Å². The third-order valence-corrected chi connectivity index (χ3v) is 4.55. The van der Waals surface area contributed by atoms with Crippen molar-refractivity contribution in [2.24, 2.45) is 0 Å². The molecule has 3 atom stereocenters. The summed E-state index contributed by atoms with van der Waals surface area (Å²) in [6.07, 6.45) is -1.74. The number of carboxylic acids is 2. The van der Waals surface area contributed by atoms with Gasteiger partial charge in [-0.25, -0.2) is 9.59 Å². The van der Waals surface area contributed by atoms with Crippen LogP contribution in [0.1, 0.15) is 24.5 Å². The summed E-state index contributed by atoms with van der Waals surface area (Å²) in [5, 5.41) is 64.0. The number of hydrogen-bond donors (Lipinski definition) is 8. The SMILES string of the molecule is CC(CCc1ccc(O)cc1)NCCc1ccc(O)c(O)c1.O=C(O)[C@H](O)[C@@H](O)C(=O)O. The van der Waals surface area contributed by atoms with Gasteiger partial charge in [-0.05, 0) is 68.1 Å². The molecule has 0 radical (unpaired) electrons. The van der Waals surface area contributed by atoms with Gasteiger partial charge in [0.2, 0.25) is 0 Å². The van der Waals surface area contributed by atoms with Crippen molar-refractivity contribution in [2.45, 2.75) is 44.4 Å². The largest absolute Gasteiger partial charge is 0.508 e. The number of hydrogen-bond acceptors (Lipinski definition) is 8. The van der Waals surface area contributed by atoms with Gasteiger partial charge in [0.15, 0.2) is 23.7 Å². The van der Waals surface area contributed by atoms with Crippen molar-refractivity contribution in [2.75, 3.05) is 6.54 Å². The Balaban J connectivity index is 0.000000433. The van der Waals surface area contributed by atoms with Crippen LogP contribution in [0, 0.1) is 0 Å². The second-order valence-corrected chi connectivity index (χ2v) is 7.20. The first-order valence-corrected chi connectivity index (χ1v) is 9.85. The van der Waals surface area contributed by atoms with Crippen LogP contribution >= 0.6 is 0 Å². The van der Waals surface area contributed by atoms with Crippen molar-refractivity contribution < 1.29 is 45.3 Å². The van der Waals surface area contributed by atoms with Crippen molar-refractivity contribution in [1.29, 1.82) is 0 Å². The highest BCUT2D eigenvalue weighted by atomic mass is 16.4. The fraction of sp³-hybridized carbons (Fsp3) is 0.364. The summed E-state index contributed by atoms with van der Waals surface area (Å²) < 4.78 is 0. The number of nitrogens with one attached hydrogen (secondary N) is 1. The topological polar surface area (TPSA) is 188 Å². The maximum absolute atomic E-state index is 9.77. The van der Waals surface area contributed by atoms with E-state index in [0.717, 1.165) is 31.4 Å². The van der Waals surface area contributed by atoms with Crippen LogP contribution in [-0.2, 0) is 22.4 Å². The van der Waals surface area contributed by atoms with E-state index in [1.807, 2.05) is 18.2 Å². The van der Waals surface area contributed by atoms with Gasteiger partial charge >= 0.3 is 11.9 Å². The zero-order valence-electron chi connectivity index (χ0n) is 17.5. The standard InChI is InChI=1S/C18H23NO3.C4H6O6/c1-13(2-3-14-4-7-16(20)8-5-14)19-11-10-15-6-9-17(21)18(22)12-15;5-1(3(7)8)2(6)4(9)10/h4-9,12-13,19-22H,2-3,10-11H2,1H3;1-2,5-6H,(H,7,8)(H,9,10)/t;1-,2-/m.1/s1. The monoisotopic (exact) mass is 451 g/mol. The van der Waals surface area contributed by atoms with Gasteiger partial charge in [0.1, 0.15) is 5.75 Å². The van der Waals surface area contributed by atoms with E-state index in [2.05, 4.69) is 12.2 Å². The van der Waals surface area contributed by atoms with Crippen molar-refractivity contribution in [3.63, 3.8) is 0 Å². The lowest BCUT2D eigenvalue weighted by Gasteiger charge is -2.14. The van der Waals surface area contributed by atoms with Gasteiger partial charge in [0.25, 0.3) is 0 Å². The molecule has 8 N–H and O–H groups in total. The van der Waals surface area contributed by atoms with Gasteiger partial charge in [0, 0.05) is 6.04 Å². The number of carboxylic acid groups (broad SMARTS) is 2. The quantitative estimate of drug-likeness (QED) is 0.240. The smallest absolute Gasteiger partial charge is 0.335 e. The summed E-state index contributed by atoms with van der Waals surface area (Å²) >= 11 is 0. The van der Waals surface area contributed by atoms with Gasteiger partial charge in [0.05, 0.1) is 0 Å². The maximum atomic E-state index is 9.77. The third-order valence-electron chi connectivity index (χ3n) is 4.55. The van der Waals surface area contributed by atoms with E-state index in [1.165, 1.54) is 11.6 Å². The number of phenolic OH excluding ortho intramolecular Hbond substituents is 3. The summed E-state index contributed by atoms with van der Waals surface area (Å²) in [7, 11) is 0. The van der Waals surface area contributed by atoms with Gasteiger partial charge in [-0.3, -0.25) is 0 Å². The Labute approximate surface area is 185 Å². The molecule has 0 aromatic heterocycles. The van der Waals surface area contributed by atoms with Crippen LogP contribution < -0.4 is 5.32 Å². The first-order valence-electron chi connectivity index (χ1n) is 9.85. The molecule has 32 heavy (non-hydrogen) atoms. The average molecular weight is 451 g/mol. The zero-order valence-corrected chi connectivity index (χ0v) is 17.5. The molecule has 0 bridgehead atoms. The Morgan fingerprint density at radius 3 is 1.84 bits per heavy atom. The van der Waals surface area contributed by atoms with E-state index in [9.17, 15) is 24.9 Å². The van der Waals surface area contributed by atoms with Crippen molar-refractivity contribution >= 4 is 11.9 Å². The number of carbonyl (C=O) groups is 2. The van der Waals surface area contributed by atoms with Gasteiger partial charge in [-0.1, -0.05) is 18.2 Å². The van der Waals surface area contributed by atoms with E-state index in [0.29, 0.717) is 11.8 Å². The minimum atomic E-state index is -2.27. The van der Waals surface area contributed by atoms with Crippen LogP contribution in [0.25, 0.3) is 0 Å². The number of aliphatic carboxylic acids is 2. The molecule has 0 spiro atoms. The molecular weight excluding hydrogens is 422 g/mol. The zero-order chi connectivity index (χ0) is 24.3. The molecule has 0 heterocycles. The Morgan fingerprint density at radius 2 is 1.34 bits per heavy atom. The molecule has 0 aliphatic carbocycles. The normalized spacial score (nSPS) is 13.3. The molecule has 0 fully saturated rings. The number of aliphatic hydroxyl groups is 2. The Morgan fingerprint density at radius 1 is 0.812 bits per heavy atom. The first-order chi connectivity index (χ1) is 15.0. The number of aliphatic hydroxyl groups excluding tert-OH is 2. The molecule has 2 rings (SSSR count). The van der Waals surface area contributed by atoms with Crippen LogP contribution in [0.4, 0.5) is 0 Å². The Kier molecular flexibility index (Phi) is 11.0. The molecule has 2 aromatic rings. The highest BCUT2D eigenvalue weighted by Crippen LogP contribution is 2.24. The Bertz CT molecular complexity index is 852. The van der Waals surface area contributed by atoms with Gasteiger partial charge in [-0.15, -0.1) is 0 Å². The van der Waals surface area contributed by atoms with Crippen molar-refractivity contribution in [1.82, 2.24) is 5.32 Å². The van der Waals surface area contributed by atoms with Crippen LogP contribution in [0.5, 0.6) is 17.2 Å². The number of phenols is 3. The number of benzene rings is 2. The second kappa shape index (κ2) is 13.2. The summed E-state index contributed by atoms with van der Waals surface area (Å²) in [6, 6.07) is 12.6. The predicted octanol–water partition coefficient (Wildman–Crippen LogP) is 0.834. The molecular formula is C22H29NO9. The molecule has 176 valence electrons. The Hall–Kier alpha value is -3.34. The molecule has 10 nitrogen and oxygen atoms in total. The number of aryl methyl sites for hydroxylation is 1. The molecule has 0 amide bonds. The molecule has 2 aromatic carbocycles. The lowest BCUT2D eigenvalue weighted by molar-refractivity contribution is -0.165. The minimum absolute atomic E-state index is 0.0714. The van der Waals surface area contributed by atoms with Crippen LogP contribution in [0.15, 0.2) is 42.5 Å². The summed E-state index contributed by atoms with van der Waals surface area (Å²) in [4.78, 5) is 19.5. The highest BCUT2D eigenvalue weighted by Gasteiger charge is 2.29. The number of rotatable bonds is 10. The maximum Gasteiger partial charge on any atom is 0.335 e. The number of aromatic hydroxyl groups is 3. The van der Waals surface area contributed by atoms with Crippen LogP contribution in [0.2, 0.25) is 0 Å². The van der Waals surface area contributed by atoms with Crippen LogP contribution in [-0.4, -0.2) is 72.5 Å². The average Bonchev–Trinajstić information content (AvgIpc) is 2.75. The molecule has 0 aliphatic rings. The molecule has 0 aliphatic heterocycles.